The molecule has 3 atom stereocenters. The van der Waals surface area contributed by atoms with E-state index in [1.165, 1.54) is 225 Å². The summed E-state index contributed by atoms with van der Waals surface area (Å²) < 4.78 is 0. The van der Waals surface area contributed by atoms with E-state index in [0.29, 0.717) is 12.8 Å². The molecule has 0 bridgehead atoms. The zero-order valence-electron chi connectivity index (χ0n) is 36.9. The molecule has 0 aromatic carbocycles. The van der Waals surface area contributed by atoms with Gasteiger partial charge in [0.2, 0.25) is 5.91 Å². The second-order valence-corrected chi connectivity index (χ2v) is 17.4. The van der Waals surface area contributed by atoms with Crippen molar-refractivity contribution in [3.63, 3.8) is 0 Å². The molecule has 0 aromatic heterocycles. The molecule has 0 saturated carbocycles. The zero-order chi connectivity index (χ0) is 39.4. The van der Waals surface area contributed by atoms with Crippen molar-refractivity contribution in [2.75, 3.05) is 6.61 Å². The molecule has 5 heteroatoms. The van der Waals surface area contributed by atoms with E-state index in [1.807, 2.05) is 0 Å². The minimum Gasteiger partial charge on any atom is -0.394 e. The summed E-state index contributed by atoms with van der Waals surface area (Å²) in [5, 5.41) is 33.5. The van der Waals surface area contributed by atoms with Crippen LogP contribution >= 0.6 is 0 Å². The van der Waals surface area contributed by atoms with Crippen LogP contribution in [-0.4, -0.2) is 46.1 Å². The average Bonchev–Trinajstić information content (AvgIpc) is 3.16. The maximum Gasteiger partial charge on any atom is 0.222 e. The molecule has 5 nitrogen and oxygen atoms in total. The summed E-state index contributed by atoms with van der Waals surface area (Å²) in [4.78, 5) is 12.5. The number of carbonyl (C=O) groups is 1. The fourth-order valence-electron chi connectivity index (χ4n) is 8.11. The van der Waals surface area contributed by atoms with Crippen molar-refractivity contribution < 1.29 is 20.1 Å². The molecular formula is C49H99NO4. The first-order chi connectivity index (χ1) is 26.5. The summed E-state index contributed by atoms with van der Waals surface area (Å²) in [6, 6.07) is -0.653. The minimum absolute atomic E-state index is 0.0432. The fourth-order valence-corrected chi connectivity index (χ4v) is 8.11. The van der Waals surface area contributed by atoms with Gasteiger partial charge in [0.05, 0.1) is 31.3 Å². The van der Waals surface area contributed by atoms with Crippen LogP contribution in [0.5, 0.6) is 0 Å². The van der Waals surface area contributed by atoms with Crippen molar-refractivity contribution in [3.8, 4) is 0 Å². The van der Waals surface area contributed by atoms with Gasteiger partial charge >= 0.3 is 0 Å². The van der Waals surface area contributed by atoms with E-state index in [0.717, 1.165) is 25.7 Å². The lowest BCUT2D eigenvalue weighted by Gasteiger charge is -2.23. The van der Waals surface area contributed by atoms with Gasteiger partial charge in [-0.05, 0) is 12.8 Å². The number of hydrogen-bond donors (Lipinski definition) is 4. The van der Waals surface area contributed by atoms with E-state index >= 15 is 0 Å². The van der Waals surface area contributed by atoms with Crippen molar-refractivity contribution >= 4 is 5.91 Å². The molecule has 0 aliphatic carbocycles. The predicted octanol–water partition coefficient (Wildman–Crippen LogP) is 14.6. The summed E-state index contributed by atoms with van der Waals surface area (Å²) in [5.41, 5.74) is 0. The Morgan fingerprint density at radius 2 is 0.630 bits per heavy atom. The molecule has 0 heterocycles. The lowest BCUT2D eigenvalue weighted by Crippen LogP contribution is -2.46. The molecule has 0 rings (SSSR count). The maximum atomic E-state index is 12.5. The standard InChI is InChI=1S/C49H99NO4/c1-3-5-7-9-11-13-15-17-19-21-23-25-27-29-31-33-35-37-39-41-43-48(53)47(45-51)50-49(54)44-46(52)42-40-38-36-34-32-30-28-26-24-22-20-18-16-14-12-10-8-6-4-2/h46-48,51-53H,3-45H2,1-2H3,(H,50,54). The van der Waals surface area contributed by atoms with Gasteiger partial charge in [0.1, 0.15) is 0 Å². The Bertz CT molecular complexity index is 718. The van der Waals surface area contributed by atoms with Crippen LogP contribution < -0.4 is 5.32 Å². The van der Waals surface area contributed by atoms with Crippen LogP contribution in [0, 0.1) is 0 Å². The number of aliphatic hydroxyl groups is 3. The third kappa shape index (κ3) is 41.0. The minimum atomic E-state index is -0.744. The summed E-state index contributed by atoms with van der Waals surface area (Å²) >= 11 is 0. The van der Waals surface area contributed by atoms with Crippen molar-refractivity contribution in [2.24, 2.45) is 0 Å². The van der Waals surface area contributed by atoms with Crippen LogP contribution in [0.4, 0.5) is 0 Å². The number of aliphatic hydroxyl groups excluding tert-OH is 3. The molecule has 0 radical (unpaired) electrons. The first-order valence-corrected chi connectivity index (χ1v) is 24.8. The van der Waals surface area contributed by atoms with Gasteiger partial charge in [-0.25, -0.2) is 0 Å². The van der Waals surface area contributed by atoms with Crippen molar-refractivity contribution in [2.45, 2.75) is 302 Å². The molecule has 4 N–H and O–H groups in total. The van der Waals surface area contributed by atoms with Crippen LogP contribution in [0.2, 0.25) is 0 Å². The van der Waals surface area contributed by atoms with E-state index in [1.54, 1.807) is 0 Å². The van der Waals surface area contributed by atoms with E-state index in [2.05, 4.69) is 19.2 Å². The number of unbranched alkanes of at least 4 members (excludes halogenated alkanes) is 37. The van der Waals surface area contributed by atoms with Gasteiger partial charge in [-0.3, -0.25) is 4.79 Å². The van der Waals surface area contributed by atoms with Gasteiger partial charge in [-0.1, -0.05) is 264 Å². The van der Waals surface area contributed by atoms with Crippen molar-refractivity contribution in [1.82, 2.24) is 5.32 Å². The Morgan fingerprint density at radius 3 is 0.889 bits per heavy atom. The molecule has 0 saturated heterocycles. The Balaban J connectivity index is 3.54. The van der Waals surface area contributed by atoms with Crippen LogP contribution in [0.1, 0.15) is 284 Å². The highest BCUT2D eigenvalue weighted by atomic mass is 16.3. The average molecular weight is 766 g/mol. The van der Waals surface area contributed by atoms with Crippen molar-refractivity contribution in [3.05, 3.63) is 0 Å². The normalized spacial score (nSPS) is 13.4. The molecule has 0 fully saturated rings. The van der Waals surface area contributed by atoms with Crippen LogP contribution in [-0.2, 0) is 4.79 Å². The summed E-state index contributed by atoms with van der Waals surface area (Å²) in [6.45, 7) is 4.30. The monoisotopic (exact) mass is 766 g/mol. The lowest BCUT2D eigenvalue weighted by atomic mass is 10.0. The third-order valence-corrected chi connectivity index (χ3v) is 11.9. The highest BCUT2D eigenvalue weighted by molar-refractivity contribution is 5.76. The molecule has 324 valence electrons. The maximum absolute atomic E-state index is 12.5. The molecule has 54 heavy (non-hydrogen) atoms. The summed E-state index contributed by atoms with van der Waals surface area (Å²) in [7, 11) is 0. The first kappa shape index (κ1) is 53.4. The van der Waals surface area contributed by atoms with Gasteiger partial charge in [-0.15, -0.1) is 0 Å². The number of rotatable bonds is 46. The van der Waals surface area contributed by atoms with E-state index < -0.39 is 18.2 Å². The highest BCUT2D eigenvalue weighted by Gasteiger charge is 2.21. The van der Waals surface area contributed by atoms with Gasteiger partial charge in [-0.2, -0.15) is 0 Å². The predicted molar refractivity (Wildman–Crippen MR) is 236 cm³/mol. The van der Waals surface area contributed by atoms with Gasteiger partial charge < -0.3 is 20.6 Å². The number of nitrogens with one attached hydrogen (secondary N) is 1. The Morgan fingerprint density at radius 1 is 0.389 bits per heavy atom. The molecule has 0 aliphatic heterocycles. The highest BCUT2D eigenvalue weighted by Crippen LogP contribution is 2.18. The number of carbonyl (C=O) groups excluding carboxylic acids is 1. The van der Waals surface area contributed by atoms with Crippen LogP contribution in [0.3, 0.4) is 0 Å². The first-order valence-electron chi connectivity index (χ1n) is 24.8. The SMILES string of the molecule is CCCCCCCCCCCCCCCCCCCCCCC(O)C(CO)NC(=O)CC(O)CCCCCCCCCCCCCCCCCCCCC. The summed E-state index contributed by atoms with van der Waals surface area (Å²) in [6.07, 6.45) is 52.3. The van der Waals surface area contributed by atoms with Crippen LogP contribution in [0.25, 0.3) is 0 Å². The smallest absolute Gasteiger partial charge is 0.222 e. The van der Waals surface area contributed by atoms with Gasteiger partial charge in [0, 0.05) is 0 Å². The second-order valence-electron chi connectivity index (χ2n) is 17.4. The Hall–Kier alpha value is -0.650. The van der Waals surface area contributed by atoms with Crippen molar-refractivity contribution in [1.29, 1.82) is 0 Å². The number of hydrogen-bond acceptors (Lipinski definition) is 4. The van der Waals surface area contributed by atoms with E-state index in [4.69, 9.17) is 0 Å². The lowest BCUT2D eigenvalue weighted by molar-refractivity contribution is -0.125. The van der Waals surface area contributed by atoms with Gasteiger partial charge in [0.25, 0.3) is 0 Å². The molecule has 0 spiro atoms. The van der Waals surface area contributed by atoms with Gasteiger partial charge in [0.15, 0.2) is 0 Å². The molecule has 1 amide bonds. The number of amides is 1. The topological polar surface area (TPSA) is 89.8 Å². The zero-order valence-corrected chi connectivity index (χ0v) is 36.9. The molecule has 0 aromatic rings. The third-order valence-electron chi connectivity index (χ3n) is 11.9. The van der Waals surface area contributed by atoms with Crippen LogP contribution in [0.15, 0.2) is 0 Å². The Kier molecular flexibility index (Phi) is 44.5. The fraction of sp³-hybridized carbons (Fsp3) is 0.980. The largest absolute Gasteiger partial charge is 0.394 e. The Labute approximate surface area is 338 Å². The summed E-state index contributed by atoms with van der Waals surface area (Å²) in [5.74, 6) is -0.276. The molecular weight excluding hydrogens is 667 g/mol. The molecule has 3 unspecified atom stereocenters. The van der Waals surface area contributed by atoms with E-state index in [-0.39, 0.29) is 18.9 Å². The second kappa shape index (κ2) is 45.1. The molecule has 0 aliphatic rings. The van der Waals surface area contributed by atoms with E-state index in [9.17, 15) is 20.1 Å². The quantitative estimate of drug-likeness (QED) is 0.0465.